The van der Waals surface area contributed by atoms with Crippen molar-refractivity contribution in [1.82, 2.24) is 9.21 Å². The first-order valence-electron chi connectivity index (χ1n) is 11.5. The Bertz CT molecular complexity index is 1120. The molecule has 0 radical (unpaired) electrons. The molecule has 3 rings (SSSR count). The van der Waals surface area contributed by atoms with Gasteiger partial charge in [0.2, 0.25) is 10.0 Å². The van der Waals surface area contributed by atoms with E-state index in [9.17, 15) is 18.6 Å². The maximum absolute atomic E-state index is 13.5. The van der Waals surface area contributed by atoms with Crippen molar-refractivity contribution in [2.75, 3.05) is 26.7 Å². The summed E-state index contributed by atoms with van der Waals surface area (Å²) in [6.45, 7) is 6.50. The van der Waals surface area contributed by atoms with Crippen molar-refractivity contribution in [3.05, 3.63) is 59.7 Å². The maximum Gasteiger partial charge on any atom is 0.247 e. The molecule has 7 nitrogen and oxygen atoms in total. The summed E-state index contributed by atoms with van der Waals surface area (Å²) >= 11 is 0. The fourth-order valence-electron chi connectivity index (χ4n) is 3.98. The Morgan fingerprint density at radius 1 is 1.21 bits per heavy atom. The largest absolute Gasteiger partial charge is 0.487 e. The van der Waals surface area contributed by atoms with E-state index in [1.807, 2.05) is 32.2 Å². The molecule has 184 valence electrons. The highest BCUT2D eigenvalue weighted by Crippen LogP contribution is 2.34. The third-order valence-electron chi connectivity index (χ3n) is 5.88. The summed E-state index contributed by atoms with van der Waals surface area (Å²) in [5.41, 5.74) is 1.74. The Hall–Kier alpha value is -2.41. The molecule has 1 aliphatic heterocycles. The highest BCUT2D eigenvalue weighted by atomic mass is 32.2. The molecule has 0 bridgehead atoms. The number of sulfonamides is 1. The summed E-state index contributed by atoms with van der Waals surface area (Å²) in [4.78, 5) is 2.21. The minimum atomic E-state index is -3.90. The zero-order chi connectivity index (χ0) is 24.9. The van der Waals surface area contributed by atoms with E-state index in [2.05, 4.69) is 28.9 Å². The van der Waals surface area contributed by atoms with Crippen LogP contribution in [-0.4, -0.2) is 72.8 Å². The van der Waals surface area contributed by atoms with Gasteiger partial charge in [-0.1, -0.05) is 49.1 Å². The van der Waals surface area contributed by atoms with E-state index in [1.54, 1.807) is 26.0 Å². The first-order valence-corrected chi connectivity index (χ1v) is 12.9. The van der Waals surface area contributed by atoms with Crippen molar-refractivity contribution >= 4 is 10.0 Å². The van der Waals surface area contributed by atoms with Crippen LogP contribution in [0.2, 0.25) is 0 Å². The van der Waals surface area contributed by atoms with Gasteiger partial charge in [0.25, 0.3) is 0 Å². The van der Waals surface area contributed by atoms with E-state index < -0.39 is 22.2 Å². The molecule has 2 aromatic rings. The molecular formula is C26H34N2O5S. The van der Waals surface area contributed by atoms with Crippen LogP contribution < -0.4 is 4.74 Å². The predicted octanol–water partition coefficient (Wildman–Crippen LogP) is 2.32. The number of fused-ring (bicyclic) bond motifs is 1. The van der Waals surface area contributed by atoms with Gasteiger partial charge in [0.15, 0.2) is 0 Å². The topological polar surface area (TPSA) is 90.3 Å². The van der Waals surface area contributed by atoms with Crippen molar-refractivity contribution in [3.8, 4) is 17.6 Å². The molecule has 1 heterocycles. The van der Waals surface area contributed by atoms with Gasteiger partial charge in [-0.25, -0.2) is 8.42 Å². The average Bonchev–Trinajstić information content (AvgIpc) is 2.80. The molecule has 0 aliphatic carbocycles. The minimum absolute atomic E-state index is 0.0537. The van der Waals surface area contributed by atoms with Crippen molar-refractivity contribution in [2.24, 2.45) is 5.92 Å². The van der Waals surface area contributed by atoms with E-state index in [4.69, 9.17) is 4.74 Å². The van der Waals surface area contributed by atoms with E-state index in [1.165, 1.54) is 15.9 Å². The molecular weight excluding hydrogens is 452 g/mol. The van der Waals surface area contributed by atoms with Gasteiger partial charge < -0.3 is 14.9 Å². The molecule has 34 heavy (non-hydrogen) atoms. The second-order valence-electron chi connectivity index (χ2n) is 9.03. The van der Waals surface area contributed by atoms with Crippen LogP contribution >= 0.6 is 0 Å². The Morgan fingerprint density at radius 2 is 1.91 bits per heavy atom. The third kappa shape index (κ3) is 6.38. The molecule has 1 aliphatic rings. The standard InChI is InChI=1S/C26H34N2O5S/c1-19-15-28(20(2)18-29)34(31,32)26-13-12-22(11-10-21(3)30)14-24(26)33-25(19)17-27(4)16-23-8-6-5-7-9-23/h5-9,12-14,19-21,25,29-30H,15-18H2,1-4H3/t19-,20-,21+,25-/m1/s1. The van der Waals surface area contributed by atoms with Crippen molar-refractivity contribution in [2.45, 2.75) is 50.5 Å². The normalized spacial score (nSPS) is 21.9. The molecule has 0 spiro atoms. The Kier molecular flexibility index (Phi) is 8.74. The van der Waals surface area contributed by atoms with E-state index in [0.717, 1.165) is 6.54 Å². The lowest BCUT2D eigenvalue weighted by Crippen LogP contribution is -2.49. The molecule has 2 N–H and O–H groups in total. The second-order valence-corrected chi connectivity index (χ2v) is 10.9. The van der Waals surface area contributed by atoms with Crippen LogP contribution in [0.1, 0.15) is 31.9 Å². The van der Waals surface area contributed by atoms with Crippen LogP contribution in [0.15, 0.2) is 53.4 Å². The third-order valence-corrected chi connectivity index (χ3v) is 7.90. The van der Waals surface area contributed by atoms with E-state index in [-0.39, 0.29) is 35.8 Å². The number of aliphatic hydroxyl groups excluding tert-OH is 2. The summed E-state index contributed by atoms with van der Waals surface area (Å²) in [6, 6.07) is 14.3. The monoisotopic (exact) mass is 486 g/mol. The van der Waals surface area contributed by atoms with Crippen LogP contribution in [0.25, 0.3) is 0 Å². The number of hydrogen-bond donors (Lipinski definition) is 2. The lowest BCUT2D eigenvalue weighted by atomic mass is 10.0. The Labute approximate surface area is 203 Å². The predicted molar refractivity (Wildman–Crippen MR) is 132 cm³/mol. The molecule has 0 unspecified atom stereocenters. The Balaban J connectivity index is 1.99. The van der Waals surface area contributed by atoms with Crippen LogP contribution in [0, 0.1) is 17.8 Å². The highest BCUT2D eigenvalue weighted by molar-refractivity contribution is 7.89. The molecule has 0 saturated heterocycles. The molecule has 0 aromatic heterocycles. The fourth-order valence-corrected chi connectivity index (χ4v) is 5.80. The number of rotatable bonds is 6. The first-order chi connectivity index (χ1) is 16.1. The molecule has 8 heteroatoms. The van der Waals surface area contributed by atoms with Gasteiger partial charge in [-0.05, 0) is 44.7 Å². The number of benzene rings is 2. The quantitative estimate of drug-likeness (QED) is 0.609. The number of ether oxygens (including phenoxy) is 1. The molecule has 2 aromatic carbocycles. The summed E-state index contributed by atoms with van der Waals surface area (Å²) in [7, 11) is -1.89. The molecule has 0 saturated carbocycles. The van der Waals surface area contributed by atoms with Crippen molar-refractivity contribution < 1.29 is 23.4 Å². The SMILES string of the molecule is C[C@H](O)C#Cc1ccc2c(c1)O[C@H](CN(C)Cc1ccccc1)[C@H](C)CN([C@H](C)CO)S2(=O)=O. The van der Waals surface area contributed by atoms with Crippen LogP contribution in [0.4, 0.5) is 0 Å². The van der Waals surface area contributed by atoms with Crippen LogP contribution in [0.3, 0.4) is 0 Å². The molecule has 4 atom stereocenters. The summed E-state index contributed by atoms with van der Waals surface area (Å²) in [6.07, 6.45) is -1.09. The summed E-state index contributed by atoms with van der Waals surface area (Å²) in [5, 5.41) is 19.3. The number of nitrogens with zero attached hydrogens (tertiary/aromatic N) is 2. The van der Waals surface area contributed by atoms with Crippen molar-refractivity contribution in [1.29, 1.82) is 0 Å². The van der Waals surface area contributed by atoms with Crippen molar-refractivity contribution in [3.63, 3.8) is 0 Å². The number of aliphatic hydroxyl groups is 2. The fraction of sp³-hybridized carbons (Fsp3) is 0.462. The van der Waals surface area contributed by atoms with Gasteiger partial charge >= 0.3 is 0 Å². The zero-order valence-corrected chi connectivity index (χ0v) is 21.0. The van der Waals surface area contributed by atoms with Crippen LogP contribution in [-0.2, 0) is 16.6 Å². The van der Waals surface area contributed by atoms with Gasteiger partial charge in [0, 0.05) is 37.2 Å². The molecule has 0 fully saturated rings. The van der Waals surface area contributed by atoms with Gasteiger partial charge in [0.1, 0.15) is 22.9 Å². The van der Waals surface area contributed by atoms with Gasteiger partial charge in [-0.15, -0.1) is 0 Å². The lowest BCUT2D eigenvalue weighted by Gasteiger charge is -2.37. The number of hydrogen-bond acceptors (Lipinski definition) is 6. The summed E-state index contributed by atoms with van der Waals surface area (Å²) < 4.78 is 34.8. The molecule has 0 amide bonds. The van der Waals surface area contributed by atoms with Gasteiger partial charge in [-0.3, -0.25) is 4.90 Å². The second kappa shape index (κ2) is 11.3. The zero-order valence-electron chi connectivity index (χ0n) is 20.2. The lowest BCUT2D eigenvalue weighted by molar-refractivity contribution is 0.0733. The van der Waals surface area contributed by atoms with Gasteiger partial charge in [0.05, 0.1) is 6.61 Å². The minimum Gasteiger partial charge on any atom is -0.487 e. The van der Waals surface area contributed by atoms with Gasteiger partial charge in [-0.2, -0.15) is 4.31 Å². The van der Waals surface area contributed by atoms with Crippen LogP contribution in [0.5, 0.6) is 5.75 Å². The van der Waals surface area contributed by atoms with E-state index >= 15 is 0 Å². The number of likely N-dealkylation sites (N-methyl/N-ethyl adjacent to an activating group) is 1. The highest BCUT2D eigenvalue weighted by Gasteiger charge is 2.38. The smallest absolute Gasteiger partial charge is 0.247 e. The maximum atomic E-state index is 13.5. The Morgan fingerprint density at radius 3 is 2.56 bits per heavy atom. The van der Waals surface area contributed by atoms with E-state index in [0.29, 0.717) is 12.1 Å². The first kappa shape index (κ1) is 26.2. The summed E-state index contributed by atoms with van der Waals surface area (Å²) in [5.74, 6) is 5.64. The average molecular weight is 487 g/mol.